The van der Waals surface area contributed by atoms with Crippen LogP contribution < -0.4 is 0 Å². The Morgan fingerprint density at radius 3 is 2.55 bits per heavy atom. The summed E-state index contributed by atoms with van der Waals surface area (Å²) in [6, 6.07) is 0. The minimum absolute atomic E-state index is 0.0618. The van der Waals surface area contributed by atoms with Gasteiger partial charge in [-0.2, -0.15) is 0 Å². The van der Waals surface area contributed by atoms with Crippen LogP contribution in [0.4, 0.5) is 0 Å². The summed E-state index contributed by atoms with van der Waals surface area (Å²) in [5.41, 5.74) is 0. The number of aliphatic hydroxyl groups excluding tert-OH is 1. The largest absolute Gasteiger partial charge is 0.481 e. The maximum absolute atomic E-state index is 10.8. The van der Waals surface area contributed by atoms with Gasteiger partial charge in [0.1, 0.15) is 0 Å². The van der Waals surface area contributed by atoms with Crippen LogP contribution in [-0.4, -0.2) is 56.2 Å². The molecule has 0 amide bonds. The van der Waals surface area contributed by atoms with E-state index in [0.29, 0.717) is 19.4 Å². The van der Waals surface area contributed by atoms with Crippen molar-refractivity contribution in [2.24, 2.45) is 11.8 Å². The fourth-order valence-corrected chi connectivity index (χ4v) is 5.19. The zero-order valence-corrected chi connectivity index (χ0v) is 21.1. The third-order valence-corrected chi connectivity index (χ3v) is 11.7. The van der Waals surface area contributed by atoms with Crippen LogP contribution in [-0.2, 0) is 18.7 Å². The monoisotopic (exact) mass is 456 g/mol. The quantitative estimate of drug-likeness (QED) is 0.255. The highest BCUT2D eigenvalue weighted by atomic mass is 28.4. The molecule has 180 valence electrons. The van der Waals surface area contributed by atoms with Gasteiger partial charge < -0.3 is 24.1 Å². The molecule has 0 aromatic heterocycles. The van der Waals surface area contributed by atoms with Crippen molar-refractivity contribution in [2.45, 2.75) is 109 Å². The SMILES string of the molecule is CC(C)(C)[Si](C)(C)OC[C@@H]1C(CC=CCCCC(=O)O)[C@@H](O)C[C@H]1OC1CCCCO1. The summed E-state index contributed by atoms with van der Waals surface area (Å²) >= 11 is 0. The van der Waals surface area contributed by atoms with Crippen molar-refractivity contribution in [2.75, 3.05) is 13.2 Å². The lowest BCUT2D eigenvalue weighted by Crippen LogP contribution is -2.44. The highest BCUT2D eigenvalue weighted by molar-refractivity contribution is 6.74. The predicted octanol–water partition coefficient (Wildman–Crippen LogP) is 5.12. The van der Waals surface area contributed by atoms with Crippen molar-refractivity contribution in [3.63, 3.8) is 0 Å². The Balaban J connectivity index is 2.01. The maximum atomic E-state index is 10.8. The highest BCUT2D eigenvalue weighted by Gasteiger charge is 2.46. The molecule has 0 aromatic carbocycles. The van der Waals surface area contributed by atoms with Gasteiger partial charge in [-0.1, -0.05) is 32.9 Å². The number of unbranched alkanes of at least 4 members (excludes halogenated alkanes) is 1. The van der Waals surface area contributed by atoms with Crippen LogP contribution in [0, 0.1) is 11.8 Å². The molecule has 0 bridgehead atoms. The van der Waals surface area contributed by atoms with Crippen LogP contribution in [0.2, 0.25) is 18.1 Å². The van der Waals surface area contributed by atoms with Crippen molar-refractivity contribution < 1.29 is 28.9 Å². The second-order valence-corrected chi connectivity index (χ2v) is 15.5. The topological polar surface area (TPSA) is 85.2 Å². The number of hydrogen-bond acceptors (Lipinski definition) is 5. The summed E-state index contributed by atoms with van der Waals surface area (Å²) in [6.45, 7) is 12.6. The Hall–Kier alpha value is -0.733. The normalized spacial score (nSPS) is 30.2. The third kappa shape index (κ3) is 8.28. The van der Waals surface area contributed by atoms with Gasteiger partial charge in [-0.15, -0.1) is 0 Å². The number of carbonyl (C=O) groups is 1. The summed E-state index contributed by atoms with van der Waals surface area (Å²) in [7, 11) is -1.91. The van der Waals surface area contributed by atoms with E-state index in [1.807, 2.05) is 6.08 Å². The van der Waals surface area contributed by atoms with Crippen molar-refractivity contribution >= 4 is 14.3 Å². The predicted molar refractivity (Wildman–Crippen MR) is 124 cm³/mol. The van der Waals surface area contributed by atoms with Crippen LogP contribution >= 0.6 is 0 Å². The Kier molecular flexibility index (Phi) is 10.2. The van der Waals surface area contributed by atoms with Gasteiger partial charge in [0.15, 0.2) is 14.6 Å². The van der Waals surface area contributed by atoms with E-state index in [-0.39, 0.29) is 35.7 Å². The Labute approximate surface area is 189 Å². The second-order valence-electron chi connectivity index (χ2n) is 10.7. The zero-order valence-electron chi connectivity index (χ0n) is 20.1. The van der Waals surface area contributed by atoms with E-state index in [2.05, 4.69) is 39.9 Å². The molecule has 1 saturated heterocycles. The summed E-state index contributed by atoms with van der Waals surface area (Å²) in [5.74, 6) is -0.556. The van der Waals surface area contributed by atoms with Crippen LogP contribution in [0.25, 0.3) is 0 Å². The van der Waals surface area contributed by atoms with Crippen LogP contribution in [0.5, 0.6) is 0 Å². The van der Waals surface area contributed by atoms with Gasteiger partial charge >= 0.3 is 5.97 Å². The molecule has 0 aromatic rings. The van der Waals surface area contributed by atoms with E-state index in [0.717, 1.165) is 38.7 Å². The third-order valence-electron chi connectivity index (χ3n) is 7.24. The first-order valence-corrected chi connectivity index (χ1v) is 14.9. The number of aliphatic carboxylic acids is 1. The minimum atomic E-state index is -1.91. The number of carboxylic acids is 1. The molecule has 7 heteroatoms. The van der Waals surface area contributed by atoms with E-state index in [4.69, 9.17) is 19.0 Å². The van der Waals surface area contributed by atoms with Crippen LogP contribution in [0.1, 0.15) is 72.1 Å². The van der Waals surface area contributed by atoms with Gasteiger partial charge in [0.25, 0.3) is 0 Å². The Morgan fingerprint density at radius 1 is 1.19 bits per heavy atom. The number of hydrogen-bond donors (Lipinski definition) is 2. The van der Waals surface area contributed by atoms with Gasteiger partial charge in [-0.25, -0.2) is 0 Å². The number of rotatable bonds is 11. The average Bonchev–Trinajstić information content (AvgIpc) is 2.97. The number of ether oxygens (including phenoxy) is 2. The molecule has 2 rings (SSSR count). The van der Waals surface area contributed by atoms with Gasteiger partial charge in [0, 0.05) is 32.0 Å². The van der Waals surface area contributed by atoms with E-state index in [1.54, 1.807) is 0 Å². The van der Waals surface area contributed by atoms with Crippen LogP contribution in [0.15, 0.2) is 12.2 Å². The van der Waals surface area contributed by atoms with Crippen molar-refractivity contribution in [3.8, 4) is 0 Å². The minimum Gasteiger partial charge on any atom is -0.481 e. The van der Waals surface area contributed by atoms with E-state index >= 15 is 0 Å². The van der Waals surface area contributed by atoms with E-state index in [1.165, 1.54) is 0 Å². The van der Waals surface area contributed by atoms with Gasteiger partial charge in [0.05, 0.1) is 12.2 Å². The molecule has 5 atom stereocenters. The first kappa shape index (κ1) is 26.5. The number of aliphatic hydroxyl groups is 1. The zero-order chi connectivity index (χ0) is 23.1. The van der Waals surface area contributed by atoms with Gasteiger partial charge in [-0.3, -0.25) is 4.79 Å². The molecule has 2 unspecified atom stereocenters. The molecule has 1 aliphatic heterocycles. The van der Waals surface area contributed by atoms with Crippen molar-refractivity contribution in [1.82, 2.24) is 0 Å². The van der Waals surface area contributed by atoms with E-state index in [9.17, 15) is 9.90 Å². The van der Waals surface area contributed by atoms with Gasteiger partial charge in [0.2, 0.25) is 0 Å². The lowest BCUT2D eigenvalue weighted by molar-refractivity contribution is -0.197. The average molecular weight is 457 g/mol. The molecular formula is C24H44O6Si. The Bertz CT molecular complexity index is 579. The maximum Gasteiger partial charge on any atom is 0.303 e. The first-order valence-electron chi connectivity index (χ1n) is 12.0. The molecular weight excluding hydrogens is 412 g/mol. The number of allylic oxidation sites excluding steroid dienone is 2. The van der Waals surface area contributed by atoms with Crippen molar-refractivity contribution in [1.29, 1.82) is 0 Å². The molecule has 2 aliphatic rings. The Morgan fingerprint density at radius 2 is 1.94 bits per heavy atom. The number of carboxylic acid groups (broad SMARTS) is 1. The molecule has 1 aliphatic carbocycles. The molecule has 0 spiro atoms. The molecule has 1 heterocycles. The summed E-state index contributed by atoms with van der Waals surface area (Å²) < 4.78 is 18.7. The molecule has 0 radical (unpaired) electrons. The lowest BCUT2D eigenvalue weighted by atomic mass is 9.91. The molecule has 6 nitrogen and oxygen atoms in total. The fourth-order valence-electron chi connectivity index (χ4n) is 4.14. The van der Waals surface area contributed by atoms with Crippen molar-refractivity contribution in [3.05, 3.63) is 12.2 Å². The summed E-state index contributed by atoms with van der Waals surface area (Å²) in [5, 5.41) is 19.7. The summed E-state index contributed by atoms with van der Waals surface area (Å²) in [4.78, 5) is 10.7. The first-order chi connectivity index (χ1) is 14.5. The second kappa shape index (κ2) is 11.9. The smallest absolute Gasteiger partial charge is 0.303 e. The van der Waals surface area contributed by atoms with E-state index < -0.39 is 20.4 Å². The molecule has 2 N–H and O–H groups in total. The van der Waals surface area contributed by atoms with Crippen LogP contribution in [0.3, 0.4) is 0 Å². The molecule has 2 fully saturated rings. The summed E-state index contributed by atoms with van der Waals surface area (Å²) in [6.07, 6.45) is 9.53. The molecule has 1 saturated carbocycles. The standard InChI is InChI=1S/C24H44O6Si/c1-24(2,3)31(4,5)29-17-19-18(12-8-6-7-9-13-22(26)27)20(25)16-21(19)30-23-14-10-11-15-28-23/h6,8,18-21,23,25H,7,9-17H2,1-5H3,(H,26,27)/t18?,19-,20+,21-,23?/m1/s1. The lowest BCUT2D eigenvalue weighted by Gasteiger charge is -2.38. The highest BCUT2D eigenvalue weighted by Crippen LogP contribution is 2.42. The molecule has 31 heavy (non-hydrogen) atoms. The fraction of sp³-hybridized carbons (Fsp3) is 0.875. The van der Waals surface area contributed by atoms with Gasteiger partial charge in [-0.05, 0) is 62.6 Å².